The van der Waals surface area contributed by atoms with Crippen molar-refractivity contribution in [3.63, 3.8) is 0 Å². The Kier molecular flexibility index (Phi) is 3.76. The highest BCUT2D eigenvalue weighted by molar-refractivity contribution is 7.99. The molecule has 90 valence electrons. The first-order chi connectivity index (χ1) is 8.24. The van der Waals surface area contributed by atoms with Gasteiger partial charge in [0.2, 0.25) is 0 Å². The van der Waals surface area contributed by atoms with E-state index in [0.717, 1.165) is 26.9 Å². The van der Waals surface area contributed by atoms with Crippen molar-refractivity contribution in [3.05, 3.63) is 41.9 Å². The minimum absolute atomic E-state index is 0.517. The Bertz CT molecular complexity index is 508. The van der Waals surface area contributed by atoms with Crippen LogP contribution in [0, 0.1) is 6.92 Å². The number of benzene rings is 1. The molecule has 0 atom stereocenters. The van der Waals surface area contributed by atoms with Crippen LogP contribution < -0.4 is 10.5 Å². The predicted octanol–water partition coefficient (Wildman–Crippen LogP) is 3.21. The van der Waals surface area contributed by atoms with Crippen LogP contribution in [0.3, 0.4) is 0 Å². The maximum atomic E-state index is 5.73. The van der Waals surface area contributed by atoms with Crippen LogP contribution in [0.2, 0.25) is 0 Å². The lowest BCUT2D eigenvalue weighted by atomic mass is 10.2. The normalized spacial score (nSPS) is 10.5. The van der Waals surface area contributed by atoms with E-state index < -0.39 is 0 Å². The summed E-state index contributed by atoms with van der Waals surface area (Å²) in [6.07, 6.45) is 1.69. The summed E-state index contributed by atoms with van der Waals surface area (Å²) in [6, 6.07) is 7.88. The summed E-state index contributed by atoms with van der Waals surface area (Å²) in [6.45, 7) is 2.47. The maximum Gasteiger partial charge on any atom is 0.120 e. The van der Waals surface area contributed by atoms with Crippen LogP contribution in [0.4, 0.5) is 0 Å². The van der Waals surface area contributed by atoms with E-state index in [2.05, 4.69) is 0 Å². The zero-order valence-corrected chi connectivity index (χ0v) is 10.7. The lowest BCUT2D eigenvalue weighted by Crippen LogP contribution is -1.98. The highest BCUT2D eigenvalue weighted by Gasteiger charge is 2.08. The lowest BCUT2D eigenvalue weighted by Gasteiger charge is -2.09. The van der Waals surface area contributed by atoms with Crippen molar-refractivity contribution >= 4 is 11.8 Å². The molecule has 0 aliphatic carbocycles. The molecule has 0 amide bonds. The van der Waals surface area contributed by atoms with E-state index in [-0.39, 0.29) is 0 Å². The molecule has 4 heteroatoms. The zero-order chi connectivity index (χ0) is 12.3. The van der Waals surface area contributed by atoms with Gasteiger partial charge < -0.3 is 14.9 Å². The van der Waals surface area contributed by atoms with Crippen molar-refractivity contribution in [2.45, 2.75) is 23.3 Å². The average Bonchev–Trinajstić information content (AvgIpc) is 2.75. The van der Waals surface area contributed by atoms with Crippen LogP contribution >= 0.6 is 11.8 Å². The molecule has 1 aromatic heterocycles. The van der Waals surface area contributed by atoms with Crippen LogP contribution in [0.15, 0.2) is 44.7 Å². The Morgan fingerprint density at radius 2 is 2.12 bits per heavy atom. The highest BCUT2D eigenvalue weighted by atomic mass is 32.2. The number of nitrogens with two attached hydrogens (primary N) is 1. The molecule has 2 aromatic rings. The smallest absolute Gasteiger partial charge is 0.120 e. The molecule has 0 saturated carbocycles. The number of rotatable bonds is 4. The number of aryl methyl sites for hydroxylation is 1. The standard InChI is InChI=1S/C13H15NO2S/c1-9-12(5-6-16-9)17-13-7-11(15-2)4-3-10(13)8-14/h3-7H,8,14H2,1-2H3. The zero-order valence-electron chi connectivity index (χ0n) is 9.90. The molecule has 17 heavy (non-hydrogen) atoms. The van der Waals surface area contributed by atoms with E-state index in [9.17, 15) is 0 Å². The van der Waals surface area contributed by atoms with Gasteiger partial charge in [-0.1, -0.05) is 17.8 Å². The third-order valence-corrected chi connectivity index (χ3v) is 3.77. The molecule has 0 fully saturated rings. The summed E-state index contributed by atoms with van der Waals surface area (Å²) in [5.41, 5.74) is 6.84. The molecule has 2 N–H and O–H groups in total. The van der Waals surface area contributed by atoms with Crippen LogP contribution in [-0.4, -0.2) is 7.11 Å². The van der Waals surface area contributed by atoms with E-state index in [1.165, 1.54) is 0 Å². The fourth-order valence-corrected chi connectivity index (χ4v) is 2.53. The summed E-state index contributed by atoms with van der Waals surface area (Å²) in [4.78, 5) is 2.21. The van der Waals surface area contributed by atoms with Gasteiger partial charge >= 0.3 is 0 Å². The van der Waals surface area contributed by atoms with Gasteiger partial charge in [-0.25, -0.2) is 0 Å². The second kappa shape index (κ2) is 5.29. The summed E-state index contributed by atoms with van der Waals surface area (Å²) < 4.78 is 10.5. The molecular formula is C13H15NO2S. The number of hydrogen-bond donors (Lipinski definition) is 1. The van der Waals surface area contributed by atoms with E-state index in [4.69, 9.17) is 14.9 Å². The van der Waals surface area contributed by atoms with Gasteiger partial charge in [-0.2, -0.15) is 0 Å². The van der Waals surface area contributed by atoms with Crippen molar-refractivity contribution in [1.82, 2.24) is 0 Å². The van der Waals surface area contributed by atoms with Crippen LogP contribution in [0.1, 0.15) is 11.3 Å². The Morgan fingerprint density at radius 3 is 2.71 bits per heavy atom. The first-order valence-electron chi connectivity index (χ1n) is 5.33. The maximum absolute atomic E-state index is 5.73. The Hall–Kier alpha value is -1.39. The molecule has 1 aromatic carbocycles. The molecule has 0 radical (unpaired) electrons. The fourth-order valence-electron chi connectivity index (χ4n) is 1.52. The lowest BCUT2D eigenvalue weighted by molar-refractivity contribution is 0.413. The molecule has 0 aliphatic heterocycles. The van der Waals surface area contributed by atoms with Gasteiger partial charge in [0.15, 0.2) is 0 Å². The van der Waals surface area contributed by atoms with E-state index in [0.29, 0.717) is 6.54 Å². The van der Waals surface area contributed by atoms with Crippen molar-refractivity contribution in [2.75, 3.05) is 7.11 Å². The van der Waals surface area contributed by atoms with Crippen molar-refractivity contribution in [3.8, 4) is 5.75 Å². The predicted molar refractivity (Wildman–Crippen MR) is 68.5 cm³/mol. The van der Waals surface area contributed by atoms with Gasteiger partial charge in [0, 0.05) is 11.4 Å². The minimum Gasteiger partial charge on any atom is -0.497 e. The van der Waals surface area contributed by atoms with Crippen molar-refractivity contribution in [1.29, 1.82) is 0 Å². The molecule has 0 bridgehead atoms. The topological polar surface area (TPSA) is 48.4 Å². The molecule has 0 unspecified atom stereocenters. The van der Waals surface area contributed by atoms with Gasteiger partial charge in [-0.3, -0.25) is 0 Å². The number of methoxy groups -OCH3 is 1. The second-order valence-electron chi connectivity index (χ2n) is 3.62. The third-order valence-electron chi connectivity index (χ3n) is 2.53. The molecule has 2 rings (SSSR count). The van der Waals surface area contributed by atoms with E-state index >= 15 is 0 Å². The molecule has 0 spiro atoms. The van der Waals surface area contributed by atoms with Crippen LogP contribution in [0.25, 0.3) is 0 Å². The number of ether oxygens (including phenoxy) is 1. The van der Waals surface area contributed by atoms with Crippen molar-refractivity contribution < 1.29 is 9.15 Å². The van der Waals surface area contributed by atoms with Gasteiger partial charge in [0.1, 0.15) is 11.5 Å². The third kappa shape index (κ3) is 2.65. The molecular weight excluding hydrogens is 234 g/mol. The summed E-state index contributed by atoms with van der Waals surface area (Å²) in [5.74, 6) is 1.76. The van der Waals surface area contributed by atoms with Gasteiger partial charge in [-0.15, -0.1) is 0 Å². The number of furan rings is 1. The quantitative estimate of drug-likeness (QED) is 0.904. The molecule has 0 aliphatic rings. The Labute approximate surface area is 105 Å². The highest BCUT2D eigenvalue weighted by Crippen LogP contribution is 2.35. The molecule has 1 heterocycles. The molecule has 0 saturated heterocycles. The van der Waals surface area contributed by atoms with Crippen LogP contribution in [-0.2, 0) is 6.54 Å². The first kappa shape index (κ1) is 12.1. The first-order valence-corrected chi connectivity index (χ1v) is 6.15. The van der Waals surface area contributed by atoms with Gasteiger partial charge in [-0.05, 0) is 30.7 Å². The Balaban J connectivity index is 2.33. The summed E-state index contributed by atoms with van der Waals surface area (Å²) in [7, 11) is 1.66. The van der Waals surface area contributed by atoms with E-state index in [1.54, 1.807) is 25.1 Å². The SMILES string of the molecule is COc1ccc(CN)c(Sc2ccoc2C)c1. The van der Waals surface area contributed by atoms with E-state index in [1.807, 2.05) is 31.2 Å². The second-order valence-corrected chi connectivity index (χ2v) is 4.70. The average molecular weight is 249 g/mol. The monoisotopic (exact) mass is 249 g/mol. The largest absolute Gasteiger partial charge is 0.497 e. The van der Waals surface area contributed by atoms with Gasteiger partial charge in [0.05, 0.1) is 18.3 Å². The minimum atomic E-state index is 0.517. The number of hydrogen-bond acceptors (Lipinski definition) is 4. The summed E-state index contributed by atoms with van der Waals surface area (Å²) in [5, 5.41) is 0. The Morgan fingerprint density at radius 1 is 1.29 bits per heavy atom. The molecule has 3 nitrogen and oxygen atoms in total. The van der Waals surface area contributed by atoms with Crippen molar-refractivity contribution in [2.24, 2.45) is 5.73 Å². The fraction of sp³-hybridized carbons (Fsp3) is 0.231. The summed E-state index contributed by atoms with van der Waals surface area (Å²) >= 11 is 1.65. The van der Waals surface area contributed by atoms with Gasteiger partial charge in [0.25, 0.3) is 0 Å². The van der Waals surface area contributed by atoms with Crippen LogP contribution in [0.5, 0.6) is 5.75 Å².